The molecule has 2 aromatic rings. The summed E-state index contributed by atoms with van der Waals surface area (Å²) in [5, 5.41) is 24.2. The van der Waals surface area contributed by atoms with E-state index in [0.717, 1.165) is 16.0 Å². The minimum absolute atomic E-state index is 0.442. The molecular weight excluding hydrogens is 262 g/mol. The molecule has 19 heavy (non-hydrogen) atoms. The van der Waals surface area contributed by atoms with Gasteiger partial charge in [0, 0.05) is 9.79 Å². The molecule has 0 spiro atoms. The Balaban J connectivity index is 2.31. The van der Waals surface area contributed by atoms with Crippen LogP contribution in [0.2, 0.25) is 0 Å². The molecule has 0 bridgehead atoms. The molecule has 6 heteroatoms. The highest BCUT2D eigenvalue weighted by molar-refractivity contribution is 7.10. The molecule has 1 aromatic heterocycles. The van der Waals surface area contributed by atoms with E-state index in [2.05, 4.69) is 10.0 Å². The first-order chi connectivity index (χ1) is 9.26. The van der Waals surface area contributed by atoms with Gasteiger partial charge in [0.15, 0.2) is 0 Å². The second-order valence-corrected chi connectivity index (χ2v) is 4.95. The first-order valence-electron chi connectivity index (χ1n) is 5.73. The third-order valence-electron chi connectivity index (χ3n) is 2.75. The van der Waals surface area contributed by atoms with Crippen molar-refractivity contribution in [2.75, 3.05) is 6.61 Å². The van der Waals surface area contributed by atoms with Gasteiger partial charge >= 0.3 is 0 Å². The van der Waals surface area contributed by atoms with E-state index in [4.69, 9.17) is 10.6 Å². The second kappa shape index (κ2) is 6.36. The largest absolute Gasteiger partial charge is 0.394 e. The van der Waals surface area contributed by atoms with Gasteiger partial charge < -0.3 is 10.2 Å². The summed E-state index contributed by atoms with van der Waals surface area (Å²) in [6, 6.07) is 10.9. The van der Waals surface area contributed by atoms with E-state index in [9.17, 15) is 5.11 Å². The monoisotopic (exact) mass is 275 g/mol. The van der Waals surface area contributed by atoms with Gasteiger partial charge in [-0.1, -0.05) is 35.4 Å². The molecule has 0 unspecified atom stereocenters. The molecule has 2 N–H and O–H groups in total. The number of rotatable bonds is 5. The van der Waals surface area contributed by atoms with Crippen molar-refractivity contribution < 1.29 is 10.2 Å². The molecule has 5 nitrogen and oxygen atoms in total. The number of aliphatic hydroxyl groups is 2. The quantitative estimate of drug-likeness (QED) is 0.498. The number of aliphatic hydroxyl groups excluding tert-OH is 2. The van der Waals surface area contributed by atoms with Gasteiger partial charge in [-0.15, -0.1) is 11.3 Å². The van der Waals surface area contributed by atoms with Crippen LogP contribution < -0.4 is 0 Å². The zero-order valence-electron chi connectivity index (χ0n) is 10.0. The number of azide groups is 1. The summed E-state index contributed by atoms with van der Waals surface area (Å²) in [5.41, 5.74) is 10.6. The Morgan fingerprint density at radius 2 is 2.00 bits per heavy atom. The first-order valence-corrected chi connectivity index (χ1v) is 6.61. The van der Waals surface area contributed by atoms with Crippen molar-refractivity contribution in [1.29, 1.82) is 0 Å². The van der Waals surface area contributed by atoms with Crippen molar-refractivity contribution in [1.82, 2.24) is 0 Å². The molecule has 0 radical (unpaired) electrons. The van der Waals surface area contributed by atoms with Gasteiger partial charge in [0.05, 0.1) is 18.8 Å². The van der Waals surface area contributed by atoms with Crippen molar-refractivity contribution in [2.24, 2.45) is 5.11 Å². The van der Waals surface area contributed by atoms with Crippen molar-refractivity contribution in [3.05, 3.63) is 57.1 Å². The van der Waals surface area contributed by atoms with Crippen LogP contribution in [0.5, 0.6) is 0 Å². The zero-order valence-corrected chi connectivity index (χ0v) is 10.9. The highest BCUT2D eigenvalue weighted by Crippen LogP contribution is 2.32. The SMILES string of the molecule is [N-]=[N+]=N[C@@H](c1cc(-c2ccccc2)cs1)[C@H](O)CO. The topological polar surface area (TPSA) is 89.2 Å². The Labute approximate surface area is 114 Å². The van der Waals surface area contributed by atoms with E-state index in [1.165, 1.54) is 11.3 Å². The second-order valence-electron chi connectivity index (χ2n) is 4.00. The maximum absolute atomic E-state index is 9.67. The summed E-state index contributed by atoms with van der Waals surface area (Å²) < 4.78 is 0. The molecule has 2 rings (SSSR count). The summed E-state index contributed by atoms with van der Waals surface area (Å²) in [6.07, 6.45) is -1.09. The van der Waals surface area contributed by atoms with E-state index in [-0.39, 0.29) is 0 Å². The Kier molecular flexibility index (Phi) is 4.54. The van der Waals surface area contributed by atoms with Crippen molar-refractivity contribution in [3.8, 4) is 11.1 Å². The molecule has 1 aromatic carbocycles. The van der Waals surface area contributed by atoms with E-state index >= 15 is 0 Å². The number of thiophene rings is 1. The summed E-state index contributed by atoms with van der Waals surface area (Å²) >= 11 is 1.40. The number of hydrogen-bond acceptors (Lipinski definition) is 4. The van der Waals surface area contributed by atoms with Gasteiger partial charge in [-0.3, -0.25) is 0 Å². The highest BCUT2D eigenvalue weighted by atomic mass is 32.1. The minimum Gasteiger partial charge on any atom is -0.394 e. The van der Waals surface area contributed by atoms with Crippen LogP contribution in [0, 0.1) is 0 Å². The van der Waals surface area contributed by atoms with E-state index < -0.39 is 18.8 Å². The van der Waals surface area contributed by atoms with Gasteiger partial charge in [-0.05, 0) is 28.1 Å². The molecule has 0 saturated heterocycles. The Morgan fingerprint density at radius 3 is 2.63 bits per heavy atom. The van der Waals surface area contributed by atoms with Gasteiger partial charge in [0.25, 0.3) is 0 Å². The summed E-state index contributed by atoms with van der Waals surface area (Å²) in [4.78, 5) is 3.46. The van der Waals surface area contributed by atoms with E-state index in [0.29, 0.717) is 0 Å². The Hall–Kier alpha value is -1.85. The van der Waals surface area contributed by atoms with Crippen LogP contribution in [0.4, 0.5) is 0 Å². The van der Waals surface area contributed by atoms with Gasteiger partial charge in [0.2, 0.25) is 0 Å². The number of nitrogens with zero attached hydrogens (tertiary/aromatic N) is 3. The minimum atomic E-state index is -1.09. The van der Waals surface area contributed by atoms with Crippen LogP contribution in [0.15, 0.2) is 46.9 Å². The maximum Gasteiger partial charge on any atom is 0.1000 e. The van der Waals surface area contributed by atoms with Crippen LogP contribution in [0.25, 0.3) is 21.6 Å². The average Bonchev–Trinajstić information content (AvgIpc) is 2.94. The number of benzene rings is 1. The third kappa shape index (κ3) is 3.13. The zero-order chi connectivity index (χ0) is 13.7. The first kappa shape index (κ1) is 13.6. The Bertz CT molecular complexity index is 579. The fraction of sp³-hybridized carbons (Fsp3) is 0.231. The van der Waals surface area contributed by atoms with E-state index in [1.54, 1.807) is 0 Å². The average molecular weight is 275 g/mol. The number of hydrogen-bond donors (Lipinski definition) is 2. The lowest BCUT2D eigenvalue weighted by Crippen LogP contribution is -2.19. The van der Waals surface area contributed by atoms with Crippen molar-refractivity contribution >= 4 is 11.3 Å². The molecule has 0 fully saturated rings. The van der Waals surface area contributed by atoms with Crippen molar-refractivity contribution in [2.45, 2.75) is 12.1 Å². The van der Waals surface area contributed by atoms with Crippen LogP contribution >= 0.6 is 11.3 Å². The molecule has 0 aliphatic heterocycles. The predicted molar refractivity (Wildman–Crippen MR) is 74.7 cm³/mol. The third-order valence-corrected chi connectivity index (χ3v) is 3.75. The molecule has 0 amide bonds. The smallest absolute Gasteiger partial charge is 0.1000 e. The normalized spacial score (nSPS) is 13.6. The molecular formula is C13H13N3O2S. The molecule has 0 saturated carbocycles. The molecule has 98 valence electrons. The molecule has 0 aliphatic carbocycles. The lowest BCUT2D eigenvalue weighted by molar-refractivity contribution is 0.0751. The maximum atomic E-state index is 9.67. The van der Waals surface area contributed by atoms with Crippen LogP contribution in [0.1, 0.15) is 10.9 Å². The van der Waals surface area contributed by atoms with Crippen LogP contribution in [-0.4, -0.2) is 22.9 Å². The predicted octanol–water partition coefficient (Wildman–Crippen LogP) is 3.12. The lowest BCUT2D eigenvalue weighted by Gasteiger charge is -2.13. The molecule has 0 aliphatic rings. The fourth-order valence-corrected chi connectivity index (χ4v) is 2.77. The summed E-state index contributed by atoms with van der Waals surface area (Å²) in [6.45, 7) is -0.442. The highest BCUT2D eigenvalue weighted by Gasteiger charge is 2.21. The van der Waals surface area contributed by atoms with Gasteiger partial charge in [0.1, 0.15) is 0 Å². The van der Waals surface area contributed by atoms with Crippen LogP contribution in [-0.2, 0) is 0 Å². The lowest BCUT2D eigenvalue weighted by atomic mass is 10.1. The van der Waals surface area contributed by atoms with Crippen molar-refractivity contribution in [3.63, 3.8) is 0 Å². The van der Waals surface area contributed by atoms with Gasteiger partial charge in [-0.2, -0.15) is 0 Å². The fourth-order valence-electron chi connectivity index (χ4n) is 1.77. The Morgan fingerprint density at radius 1 is 1.26 bits per heavy atom. The van der Waals surface area contributed by atoms with Gasteiger partial charge in [-0.25, -0.2) is 0 Å². The summed E-state index contributed by atoms with van der Waals surface area (Å²) in [7, 11) is 0. The van der Waals surface area contributed by atoms with E-state index in [1.807, 2.05) is 41.8 Å². The van der Waals surface area contributed by atoms with Crippen LogP contribution in [0.3, 0.4) is 0 Å². The standard InChI is InChI=1S/C13H13N3O2S/c14-16-15-13(11(18)7-17)12-6-10(8-19-12)9-4-2-1-3-5-9/h1-6,8,11,13,17-18H,7H2/t11-,13-/m1/s1. The molecule has 2 atom stereocenters. The summed E-state index contributed by atoms with van der Waals surface area (Å²) in [5.74, 6) is 0. The molecule has 1 heterocycles.